The van der Waals surface area contributed by atoms with E-state index < -0.39 is 6.10 Å². The zero-order valence-electron chi connectivity index (χ0n) is 11.5. The van der Waals surface area contributed by atoms with E-state index in [1.165, 1.54) is 0 Å². The Balaban J connectivity index is 2.36. The van der Waals surface area contributed by atoms with E-state index in [1.807, 2.05) is 57.2 Å². The van der Waals surface area contributed by atoms with Crippen molar-refractivity contribution in [2.24, 2.45) is 0 Å². The molecule has 0 aliphatic heterocycles. The van der Waals surface area contributed by atoms with Gasteiger partial charge in [0, 0.05) is 5.54 Å². The van der Waals surface area contributed by atoms with E-state index in [2.05, 4.69) is 5.32 Å². The molecule has 0 radical (unpaired) electrons. The van der Waals surface area contributed by atoms with Gasteiger partial charge in [-0.3, -0.25) is 4.79 Å². The molecule has 1 amide bonds. The monoisotopic (exact) mass is 257 g/mol. The van der Waals surface area contributed by atoms with E-state index in [1.54, 1.807) is 6.07 Å². The van der Waals surface area contributed by atoms with Gasteiger partial charge in [-0.2, -0.15) is 0 Å². The van der Waals surface area contributed by atoms with Gasteiger partial charge in [-0.15, -0.1) is 0 Å². The summed E-state index contributed by atoms with van der Waals surface area (Å²) in [6, 6.07) is 13.3. The maximum absolute atomic E-state index is 12.0. The van der Waals surface area contributed by atoms with Crippen LogP contribution in [0, 0.1) is 0 Å². The summed E-state index contributed by atoms with van der Waals surface area (Å²) in [6.45, 7) is 5.67. The molecule has 0 aliphatic rings. The third-order valence-corrected chi connectivity index (χ3v) is 2.86. The SMILES string of the molecule is CC(C)(C)NC(=O)C(O)c1cccc2ccccc12. The van der Waals surface area contributed by atoms with Crippen LogP contribution in [0.3, 0.4) is 0 Å². The van der Waals surface area contributed by atoms with Gasteiger partial charge in [-0.1, -0.05) is 42.5 Å². The molecule has 3 nitrogen and oxygen atoms in total. The third kappa shape index (κ3) is 3.12. The minimum Gasteiger partial charge on any atom is -0.378 e. The Bertz CT molecular complexity index is 594. The van der Waals surface area contributed by atoms with E-state index >= 15 is 0 Å². The van der Waals surface area contributed by atoms with Crippen molar-refractivity contribution in [3.63, 3.8) is 0 Å². The standard InChI is InChI=1S/C16H19NO2/c1-16(2,3)17-15(19)14(18)13-10-6-8-11-7-4-5-9-12(11)13/h4-10,14,18H,1-3H3,(H,17,19). The molecule has 0 saturated heterocycles. The molecule has 2 N–H and O–H groups in total. The zero-order chi connectivity index (χ0) is 14.0. The molecule has 1 atom stereocenters. The number of hydrogen-bond donors (Lipinski definition) is 2. The van der Waals surface area contributed by atoms with E-state index in [0.717, 1.165) is 10.8 Å². The molecule has 0 heterocycles. The Morgan fingerprint density at radius 3 is 2.42 bits per heavy atom. The molecule has 1 unspecified atom stereocenters. The molecule has 0 aromatic heterocycles. The number of fused-ring (bicyclic) bond motifs is 1. The van der Waals surface area contributed by atoms with Crippen LogP contribution in [0.15, 0.2) is 42.5 Å². The Morgan fingerprint density at radius 2 is 1.74 bits per heavy atom. The number of amides is 1. The molecule has 0 bridgehead atoms. The van der Waals surface area contributed by atoms with Crippen molar-refractivity contribution < 1.29 is 9.90 Å². The second-order valence-electron chi connectivity index (χ2n) is 5.71. The predicted molar refractivity (Wildman–Crippen MR) is 76.8 cm³/mol. The number of benzene rings is 2. The number of aliphatic hydroxyl groups is 1. The minimum atomic E-state index is -1.15. The van der Waals surface area contributed by atoms with E-state index in [4.69, 9.17) is 0 Å². The smallest absolute Gasteiger partial charge is 0.253 e. The highest BCUT2D eigenvalue weighted by Gasteiger charge is 2.23. The van der Waals surface area contributed by atoms with Gasteiger partial charge in [-0.05, 0) is 37.1 Å². The highest BCUT2D eigenvalue weighted by atomic mass is 16.3. The second kappa shape index (κ2) is 5.02. The molecule has 0 spiro atoms. The molecule has 0 fully saturated rings. The maximum atomic E-state index is 12.0. The molecule has 19 heavy (non-hydrogen) atoms. The number of hydrogen-bond acceptors (Lipinski definition) is 2. The zero-order valence-corrected chi connectivity index (χ0v) is 11.5. The summed E-state index contributed by atoms with van der Waals surface area (Å²) in [5.41, 5.74) is 0.280. The maximum Gasteiger partial charge on any atom is 0.253 e. The van der Waals surface area contributed by atoms with Gasteiger partial charge in [0.2, 0.25) is 0 Å². The average Bonchev–Trinajstić information content (AvgIpc) is 2.35. The van der Waals surface area contributed by atoms with Crippen LogP contribution in [0.4, 0.5) is 0 Å². The quantitative estimate of drug-likeness (QED) is 0.869. The summed E-state index contributed by atoms with van der Waals surface area (Å²) in [5.74, 6) is -0.371. The molecule has 2 rings (SSSR count). The summed E-state index contributed by atoms with van der Waals surface area (Å²) in [6.07, 6.45) is -1.15. The lowest BCUT2D eigenvalue weighted by atomic mass is 9.99. The third-order valence-electron chi connectivity index (χ3n) is 2.86. The lowest BCUT2D eigenvalue weighted by Crippen LogP contribution is -2.43. The molecule has 0 aliphatic carbocycles. The van der Waals surface area contributed by atoms with Crippen LogP contribution in [-0.4, -0.2) is 16.6 Å². The predicted octanol–water partition coefficient (Wildman–Crippen LogP) is 2.79. The first-order valence-corrected chi connectivity index (χ1v) is 6.36. The number of carbonyl (C=O) groups is 1. The fourth-order valence-electron chi connectivity index (χ4n) is 2.07. The van der Waals surface area contributed by atoms with Crippen molar-refractivity contribution in [1.82, 2.24) is 5.32 Å². The second-order valence-corrected chi connectivity index (χ2v) is 5.71. The Labute approximate surface area is 113 Å². The van der Waals surface area contributed by atoms with Gasteiger partial charge in [0.1, 0.15) is 0 Å². The van der Waals surface area contributed by atoms with E-state index in [9.17, 15) is 9.90 Å². The number of rotatable bonds is 2. The van der Waals surface area contributed by atoms with Gasteiger partial charge >= 0.3 is 0 Å². The van der Waals surface area contributed by atoms with Gasteiger partial charge in [0.15, 0.2) is 6.10 Å². The van der Waals surface area contributed by atoms with E-state index in [-0.39, 0.29) is 11.4 Å². The Hall–Kier alpha value is -1.87. The van der Waals surface area contributed by atoms with Crippen molar-refractivity contribution in [1.29, 1.82) is 0 Å². The first-order chi connectivity index (χ1) is 8.88. The van der Waals surface area contributed by atoms with Crippen LogP contribution in [0.25, 0.3) is 10.8 Å². The van der Waals surface area contributed by atoms with E-state index in [0.29, 0.717) is 5.56 Å². The summed E-state index contributed by atoms with van der Waals surface area (Å²) in [5, 5.41) is 15.0. The average molecular weight is 257 g/mol. The highest BCUT2D eigenvalue weighted by Crippen LogP contribution is 2.24. The van der Waals surface area contributed by atoms with Crippen molar-refractivity contribution in [3.05, 3.63) is 48.0 Å². The summed E-state index contributed by atoms with van der Waals surface area (Å²) >= 11 is 0. The number of aliphatic hydroxyl groups excluding tert-OH is 1. The first kappa shape index (κ1) is 13.6. The highest BCUT2D eigenvalue weighted by molar-refractivity contribution is 5.92. The fraction of sp³-hybridized carbons (Fsp3) is 0.312. The van der Waals surface area contributed by atoms with Crippen LogP contribution in [0.2, 0.25) is 0 Å². The van der Waals surface area contributed by atoms with Crippen LogP contribution >= 0.6 is 0 Å². The topological polar surface area (TPSA) is 49.3 Å². The van der Waals surface area contributed by atoms with Crippen molar-refractivity contribution in [2.75, 3.05) is 0 Å². The lowest BCUT2D eigenvalue weighted by Gasteiger charge is -2.23. The van der Waals surface area contributed by atoms with Gasteiger partial charge in [0.05, 0.1) is 0 Å². The van der Waals surface area contributed by atoms with Gasteiger partial charge in [0.25, 0.3) is 5.91 Å². The number of carbonyl (C=O) groups excluding carboxylic acids is 1. The molecular weight excluding hydrogens is 238 g/mol. The van der Waals surface area contributed by atoms with Crippen LogP contribution in [-0.2, 0) is 4.79 Å². The van der Waals surface area contributed by atoms with Gasteiger partial charge < -0.3 is 10.4 Å². The molecular formula is C16H19NO2. The summed E-state index contributed by atoms with van der Waals surface area (Å²) < 4.78 is 0. The van der Waals surface area contributed by atoms with Crippen LogP contribution < -0.4 is 5.32 Å². The van der Waals surface area contributed by atoms with Crippen molar-refractivity contribution >= 4 is 16.7 Å². The normalized spacial score (nSPS) is 13.3. The van der Waals surface area contributed by atoms with Crippen LogP contribution in [0.5, 0.6) is 0 Å². The molecule has 3 heteroatoms. The first-order valence-electron chi connectivity index (χ1n) is 6.36. The Morgan fingerprint density at radius 1 is 1.11 bits per heavy atom. The van der Waals surface area contributed by atoms with Crippen molar-refractivity contribution in [3.8, 4) is 0 Å². The Kier molecular flexibility index (Phi) is 3.58. The fourth-order valence-corrected chi connectivity index (χ4v) is 2.07. The lowest BCUT2D eigenvalue weighted by molar-refractivity contribution is -0.131. The van der Waals surface area contributed by atoms with Gasteiger partial charge in [-0.25, -0.2) is 0 Å². The molecule has 100 valence electrons. The summed E-state index contributed by atoms with van der Waals surface area (Å²) in [4.78, 5) is 12.0. The largest absolute Gasteiger partial charge is 0.378 e. The van der Waals surface area contributed by atoms with Crippen molar-refractivity contribution in [2.45, 2.75) is 32.4 Å². The minimum absolute atomic E-state index is 0.358. The number of nitrogens with one attached hydrogen (secondary N) is 1. The van der Waals surface area contributed by atoms with Crippen LogP contribution in [0.1, 0.15) is 32.4 Å². The molecule has 0 saturated carbocycles. The summed E-state index contributed by atoms with van der Waals surface area (Å²) in [7, 11) is 0. The molecule has 2 aromatic carbocycles. The molecule has 2 aromatic rings.